The second kappa shape index (κ2) is 6.57. The van der Waals surface area contributed by atoms with E-state index in [0.717, 1.165) is 0 Å². The molecule has 0 fully saturated rings. The third-order valence-electron chi connectivity index (χ3n) is 2.94. The second-order valence-electron chi connectivity index (χ2n) is 4.75. The molecule has 170 valence electrons. The van der Waals surface area contributed by atoms with Gasteiger partial charge in [0, 0.05) is 0 Å². The van der Waals surface area contributed by atoms with Crippen molar-refractivity contribution >= 4 is 8.46 Å². The first kappa shape index (κ1) is 27.1. The van der Waals surface area contributed by atoms with Crippen molar-refractivity contribution in [2.24, 2.45) is 0 Å². The zero-order valence-electron chi connectivity index (χ0n) is 11.7. The van der Waals surface area contributed by atoms with Crippen molar-refractivity contribution < 1.29 is 83.7 Å². The summed E-state index contributed by atoms with van der Waals surface area (Å²) >= 11 is 0. The number of rotatable bonds is 7. The third kappa shape index (κ3) is 3.15. The van der Waals surface area contributed by atoms with Crippen molar-refractivity contribution in [2.75, 3.05) is 0 Å². The van der Waals surface area contributed by atoms with Gasteiger partial charge in [-0.25, -0.2) is 0 Å². The van der Waals surface area contributed by atoms with E-state index in [0.29, 0.717) is 0 Å². The maximum Gasteiger partial charge on any atom is 0.460 e. The fraction of sp³-hybridized carbons (Fsp3) is 1.00. The molecule has 0 spiro atoms. The second-order valence-corrected chi connectivity index (χ2v) is 5.83. The molecule has 0 aromatic heterocycles. The van der Waals surface area contributed by atoms with Gasteiger partial charge >= 0.3 is 47.4 Å². The molecule has 1 N–H and O–H groups in total. The summed E-state index contributed by atoms with van der Waals surface area (Å²) in [5.41, 5.74) is -7.35. The van der Waals surface area contributed by atoms with Gasteiger partial charge in [-0.15, -0.1) is 0 Å². The van der Waals surface area contributed by atoms with E-state index >= 15 is 0 Å². The summed E-state index contributed by atoms with van der Waals surface area (Å²) in [6.07, 6.45) is -7.84. The van der Waals surface area contributed by atoms with Crippen molar-refractivity contribution in [2.45, 2.75) is 47.4 Å². The van der Waals surface area contributed by atoms with E-state index in [9.17, 15) is 78.8 Å². The molecule has 0 aliphatic rings. The predicted molar refractivity (Wildman–Crippen MR) is 50.9 cm³/mol. The molecule has 0 amide bonds. The molecule has 1 nitrogen and oxygen atoms in total. The van der Waals surface area contributed by atoms with E-state index in [1.807, 2.05) is 0 Å². The van der Waals surface area contributed by atoms with Gasteiger partial charge in [0.1, 0.15) is 0 Å². The number of hydrogen-bond acceptors (Lipinski definition) is 1. The Kier molecular flexibility index (Phi) is 6.36. The van der Waals surface area contributed by atoms with E-state index in [1.54, 1.807) is 0 Å². The molecule has 0 rings (SSSR count). The lowest BCUT2D eigenvalue weighted by atomic mass is 9.91. The average Bonchev–Trinajstić information content (AvgIpc) is 2.44. The quantitative estimate of drug-likeness (QED) is 0.335. The molecule has 0 saturated carbocycles. The first-order chi connectivity index (χ1) is 11.7. The van der Waals surface area contributed by atoms with E-state index in [4.69, 9.17) is 4.89 Å². The molecule has 0 aliphatic carbocycles. The lowest BCUT2D eigenvalue weighted by molar-refractivity contribution is -0.458. The maximum absolute atomic E-state index is 13.0. The van der Waals surface area contributed by atoms with Gasteiger partial charge in [0.2, 0.25) is 0 Å². The lowest BCUT2D eigenvalue weighted by Gasteiger charge is -2.42. The van der Waals surface area contributed by atoms with Crippen molar-refractivity contribution in [1.29, 1.82) is 0 Å². The van der Waals surface area contributed by atoms with Crippen LogP contribution in [0.4, 0.5) is 78.8 Å². The summed E-state index contributed by atoms with van der Waals surface area (Å²) in [7, 11) is -6.21. The maximum atomic E-state index is 13.0. The summed E-state index contributed by atoms with van der Waals surface area (Å²) in [5.74, 6) is -51.2. The van der Waals surface area contributed by atoms with Crippen LogP contribution in [0, 0.1) is 0 Å². The highest BCUT2D eigenvalue weighted by atomic mass is 31.2. The van der Waals surface area contributed by atoms with Crippen LogP contribution in [0.3, 0.4) is 0 Å². The predicted octanol–water partition coefficient (Wildman–Crippen LogP) is 6.23. The van der Waals surface area contributed by atoms with Crippen LogP contribution in [-0.2, 0) is 0 Å². The fourth-order valence-corrected chi connectivity index (χ4v) is 1.64. The van der Waals surface area contributed by atoms with Crippen LogP contribution < -0.4 is 0 Å². The first-order valence-corrected chi connectivity index (χ1v) is 6.74. The Bertz CT molecular complexity index is 575. The summed E-state index contributed by atoms with van der Waals surface area (Å²) in [6.45, 7) is 0. The van der Waals surface area contributed by atoms with Gasteiger partial charge < -0.3 is 4.89 Å². The Morgan fingerprint density at radius 1 is 0.393 bits per heavy atom. The van der Waals surface area contributed by atoms with Crippen molar-refractivity contribution in [1.82, 2.24) is 0 Å². The molecule has 1 atom stereocenters. The molecular formula is C8HF18OP. The van der Waals surface area contributed by atoms with E-state index < -0.39 is 55.8 Å². The first-order valence-electron chi connectivity index (χ1n) is 5.56. The minimum atomic E-state index is -8.77. The van der Waals surface area contributed by atoms with Crippen LogP contribution in [0.5, 0.6) is 0 Å². The minimum Gasteiger partial charge on any atom is -0.342 e. The zero-order valence-corrected chi connectivity index (χ0v) is 12.6. The topological polar surface area (TPSA) is 20.2 Å². The van der Waals surface area contributed by atoms with Crippen molar-refractivity contribution in [3.63, 3.8) is 0 Å². The Balaban J connectivity index is 6.72. The summed E-state index contributed by atoms with van der Waals surface area (Å²) in [5, 5.41) is 0. The smallest absolute Gasteiger partial charge is 0.342 e. The Morgan fingerprint density at radius 2 is 0.607 bits per heavy atom. The lowest BCUT2D eigenvalue weighted by Crippen LogP contribution is -2.74. The van der Waals surface area contributed by atoms with Crippen molar-refractivity contribution in [3.8, 4) is 0 Å². The van der Waals surface area contributed by atoms with Crippen LogP contribution in [0.2, 0.25) is 0 Å². The number of halogens is 18. The van der Waals surface area contributed by atoms with Crippen LogP contribution in [0.15, 0.2) is 0 Å². The molecule has 0 aliphatic heterocycles. The standard InChI is InChI=1S/C8HF18OP/c9-1(10,3(13,14)5(17,18)7(21,22)23)2(11,12)4(15,16)6(19,20)8(24,25)28(26)27/h27H. The highest BCUT2D eigenvalue weighted by molar-refractivity contribution is 7.47. The molecule has 0 aromatic carbocycles. The Hall–Kier alpha value is -0.870. The monoisotopic (exact) mass is 486 g/mol. The van der Waals surface area contributed by atoms with Crippen LogP contribution in [-0.4, -0.2) is 52.3 Å². The molecule has 1 unspecified atom stereocenters. The van der Waals surface area contributed by atoms with Gasteiger partial charge in [-0.3, -0.25) is 0 Å². The fourth-order valence-electron chi connectivity index (χ4n) is 1.27. The summed E-state index contributed by atoms with van der Waals surface area (Å²) in [4.78, 5) is 7.63. The average molecular weight is 486 g/mol. The molecule has 20 heteroatoms. The SMILES string of the molecule is OP(F)C(F)(F)C(F)(F)C(F)(F)C(F)(F)C(F)(F)C(F)(F)C(F)(F)C(F)(F)F. The number of hydrogen-bond donors (Lipinski definition) is 1. The van der Waals surface area contributed by atoms with Gasteiger partial charge in [-0.2, -0.15) is 78.8 Å². The third-order valence-corrected chi connectivity index (χ3v) is 3.68. The normalized spacial score (nSPS) is 17.7. The van der Waals surface area contributed by atoms with Crippen LogP contribution >= 0.6 is 8.46 Å². The van der Waals surface area contributed by atoms with Gasteiger partial charge in [0.15, 0.2) is 0 Å². The zero-order chi connectivity index (χ0) is 23.6. The Labute approximate surface area is 141 Å². The molecular weight excluding hydrogens is 485 g/mol. The summed E-state index contributed by atoms with van der Waals surface area (Å²) < 4.78 is 226. The largest absolute Gasteiger partial charge is 0.460 e. The molecule has 0 heterocycles. The van der Waals surface area contributed by atoms with E-state index in [2.05, 4.69) is 0 Å². The highest BCUT2D eigenvalue weighted by Crippen LogP contribution is 2.68. The Morgan fingerprint density at radius 3 is 0.821 bits per heavy atom. The van der Waals surface area contributed by atoms with Gasteiger partial charge in [-0.05, 0) is 0 Å². The molecule has 28 heavy (non-hydrogen) atoms. The van der Waals surface area contributed by atoms with Gasteiger partial charge in [0.05, 0.1) is 0 Å². The molecule has 0 aromatic rings. The van der Waals surface area contributed by atoms with E-state index in [1.165, 1.54) is 0 Å². The van der Waals surface area contributed by atoms with Gasteiger partial charge in [0.25, 0.3) is 8.46 Å². The highest BCUT2D eigenvalue weighted by Gasteiger charge is 2.95. The van der Waals surface area contributed by atoms with Crippen LogP contribution in [0.25, 0.3) is 0 Å². The molecule has 0 saturated heterocycles. The summed E-state index contributed by atoms with van der Waals surface area (Å²) in [6, 6.07) is 0. The van der Waals surface area contributed by atoms with E-state index in [-0.39, 0.29) is 0 Å². The minimum absolute atomic E-state index is 6.21. The number of alkyl halides is 17. The molecule has 0 radical (unpaired) electrons. The van der Waals surface area contributed by atoms with Crippen molar-refractivity contribution in [3.05, 3.63) is 0 Å². The molecule has 0 bridgehead atoms. The van der Waals surface area contributed by atoms with Crippen LogP contribution in [0.1, 0.15) is 0 Å². The van der Waals surface area contributed by atoms with Gasteiger partial charge in [-0.1, -0.05) is 0 Å².